The predicted octanol–water partition coefficient (Wildman–Crippen LogP) is 1.78. The molecular weight excluding hydrogens is 237 g/mol. The Morgan fingerprint density at radius 2 is 2.14 bits per heavy atom. The van der Waals surface area contributed by atoms with Gasteiger partial charge in [-0.25, -0.2) is 0 Å². The molecule has 0 saturated carbocycles. The molecule has 3 heteroatoms. The van der Waals surface area contributed by atoms with Crippen LogP contribution in [0.5, 0.6) is 5.75 Å². The molecule has 2 nitrogen and oxygen atoms in total. The van der Waals surface area contributed by atoms with E-state index in [1.807, 2.05) is 12.1 Å². The van der Waals surface area contributed by atoms with Crippen LogP contribution in [-0.4, -0.2) is 22.6 Å². The molecule has 0 bridgehead atoms. The Morgan fingerprint density at radius 1 is 1.29 bits per heavy atom. The van der Waals surface area contributed by atoms with E-state index in [0.29, 0.717) is 0 Å². The number of fused-ring (bicyclic) bond motifs is 1. The Bertz CT molecular complexity index is 349. The summed E-state index contributed by atoms with van der Waals surface area (Å²) in [4.78, 5) is 2.24. The molecule has 0 saturated heterocycles. The van der Waals surface area contributed by atoms with Gasteiger partial charge in [-0.2, -0.15) is 0 Å². The first kappa shape index (κ1) is 9.82. The third-order valence-electron chi connectivity index (χ3n) is 2.24. The number of rotatable bonds is 3. The molecule has 1 aliphatic rings. The maximum atomic E-state index is 5.62. The van der Waals surface area contributed by atoms with Gasteiger partial charge in [0.2, 0.25) is 0 Å². The fourth-order valence-corrected chi connectivity index (χ4v) is 3.03. The van der Waals surface area contributed by atoms with Gasteiger partial charge in [0.1, 0.15) is 0 Å². The molecule has 0 amide bonds. The van der Waals surface area contributed by atoms with Crippen molar-refractivity contribution in [3.05, 3.63) is 34.7 Å². The van der Waals surface area contributed by atoms with Gasteiger partial charge in [0.15, 0.2) is 0 Å². The zero-order valence-corrected chi connectivity index (χ0v) is 9.82. The van der Waals surface area contributed by atoms with E-state index < -0.39 is 0 Å². The van der Waals surface area contributed by atoms with Crippen LogP contribution >= 0.6 is 0 Å². The van der Waals surface area contributed by atoms with Gasteiger partial charge in [0, 0.05) is 0 Å². The number of allylic oxidation sites excluding steroid dienone is 1. The summed E-state index contributed by atoms with van der Waals surface area (Å²) < 4.78 is 5.62. The van der Waals surface area contributed by atoms with Gasteiger partial charge >= 0.3 is 91.0 Å². The Labute approximate surface area is 91.2 Å². The molecule has 1 aromatic carbocycles. The minimum absolute atomic E-state index is 0.0982. The molecule has 0 aromatic heterocycles. The summed E-state index contributed by atoms with van der Waals surface area (Å²) in [6.07, 6.45) is 2.13. The second kappa shape index (κ2) is 4.67. The standard InChI is InChI=1S/C11H13AsNO/c13-7-3-4-9-8-12-14-11-6-2-1-5-10(9)11/h1-2,5-6,8H,3-4,7,13H2. The summed E-state index contributed by atoms with van der Waals surface area (Å²) in [5.74, 6) is 1.04. The Balaban J connectivity index is 2.22. The van der Waals surface area contributed by atoms with Crippen molar-refractivity contribution in [3.63, 3.8) is 0 Å². The van der Waals surface area contributed by atoms with Crippen LogP contribution in [-0.2, 0) is 0 Å². The SMILES string of the molecule is NCCCC1=C[As]Oc2ccccc21. The predicted molar refractivity (Wildman–Crippen MR) is 59.1 cm³/mol. The fourth-order valence-electron chi connectivity index (χ4n) is 1.52. The normalized spacial score (nSPS) is 15.9. The number of para-hydroxylation sites is 1. The van der Waals surface area contributed by atoms with E-state index in [1.54, 1.807) is 0 Å². The van der Waals surface area contributed by atoms with Crippen LogP contribution < -0.4 is 9.46 Å². The first-order valence-electron chi connectivity index (χ1n) is 4.77. The summed E-state index contributed by atoms with van der Waals surface area (Å²) in [6, 6.07) is 8.24. The van der Waals surface area contributed by atoms with E-state index in [1.165, 1.54) is 11.1 Å². The molecule has 1 radical (unpaired) electrons. The van der Waals surface area contributed by atoms with Gasteiger partial charge < -0.3 is 0 Å². The molecule has 14 heavy (non-hydrogen) atoms. The minimum atomic E-state index is -0.0982. The van der Waals surface area contributed by atoms with Crippen LogP contribution in [0.3, 0.4) is 0 Å². The van der Waals surface area contributed by atoms with Crippen molar-refractivity contribution >= 4 is 21.7 Å². The summed E-state index contributed by atoms with van der Waals surface area (Å²) in [6.45, 7) is 0.761. The van der Waals surface area contributed by atoms with Crippen molar-refractivity contribution in [3.8, 4) is 5.75 Å². The van der Waals surface area contributed by atoms with Crippen molar-refractivity contribution < 1.29 is 3.73 Å². The van der Waals surface area contributed by atoms with Crippen molar-refractivity contribution in [2.24, 2.45) is 5.73 Å². The Kier molecular flexibility index (Phi) is 3.28. The van der Waals surface area contributed by atoms with E-state index in [4.69, 9.17) is 9.46 Å². The monoisotopic (exact) mass is 250 g/mol. The Morgan fingerprint density at radius 3 is 3.00 bits per heavy atom. The van der Waals surface area contributed by atoms with E-state index in [0.717, 1.165) is 25.1 Å². The molecular formula is C11H13AsNO. The van der Waals surface area contributed by atoms with Crippen molar-refractivity contribution in [1.29, 1.82) is 0 Å². The molecule has 1 heterocycles. The van der Waals surface area contributed by atoms with Gasteiger partial charge in [0.25, 0.3) is 0 Å². The van der Waals surface area contributed by atoms with E-state index in [2.05, 4.69) is 17.0 Å². The maximum absolute atomic E-state index is 5.62. The average molecular weight is 250 g/mol. The van der Waals surface area contributed by atoms with Crippen LogP contribution in [0, 0.1) is 0 Å². The van der Waals surface area contributed by atoms with Gasteiger partial charge in [-0.1, -0.05) is 0 Å². The molecule has 1 aromatic rings. The van der Waals surface area contributed by atoms with E-state index in [9.17, 15) is 0 Å². The molecule has 0 atom stereocenters. The van der Waals surface area contributed by atoms with E-state index in [-0.39, 0.29) is 16.1 Å². The molecule has 0 unspecified atom stereocenters. The van der Waals surface area contributed by atoms with Gasteiger partial charge in [-0.15, -0.1) is 0 Å². The zero-order chi connectivity index (χ0) is 9.80. The summed E-state index contributed by atoms with van der Waals surface area (Å²) in [5, 5.41) is 0. The van der Waals surface area contributed by atoms with Crippen LogP contribution in [0.2, 0.25) is 0 Å². The number of benzene rings is 1. The first-order valence-corrected chi connectivity index (χ1v) is 6.62. The van der Waals surface area contributed by atoms with Gasteiger partial charge in [0.05, 0.1) is 0 Å². The average Bonchev–Trinajstić information content (AvgIpc) is 2.26. The van der Waals surface area contributed by atoms with Crippen LogP contribution in [0.15, 0.2) is 29.1 Å². The second-order valence-electron chi connectivity index (χ2n) is 3.24. The Hall–Kier alpha value is -0.722. The first-order chi connectivity index (χ1) is 6.92. The topological polar surface area (TPSA) is 35.2 Å². The third kappa shape index (κ3) is 2.02. The van der Waals surface area contributed by atoms with Crippen molar-refractivity contribution in [2.45, 2.75) is 12.8 Å². The second-order valence-corrected chi connectivity index (χ2v) is 4.61. The summed E-state index contributed by atoms with van der Waals surface area (Å²) in [5.41, 5.74) is 8.18. The molecule has 2 N–H and O–H groups in total. The van der Waals surface area contributed by atoms with Crippen molar-refractivity contribution in [2.75, 3.05) is 6.54 Å². The third-order valence-corrected chi connectivity index (χ3v) is 3.75. The van der Waals surface area contributed by atoms with Crippen molar-refractivity contribution in [1.82, 2.24) is 0 Å². The van der Waals surface area contributed by atoms with Crippen LogP contribution in [0.4, 0.5) is 0 Å². The van der Waals surface area contributed by atoms with Gasteiger partial charge in [-0.05, 0) is 0 Å². The molecule has 0 aliphatic carbocycles. The zero-order valence-electron chi connectivity index (χ0n) is 7.94. The number of hydrogen-bond acceptors (Lipinski definition) is 2. The number of nitrogens with two attached hydrogens (primary N) is 1. The van der Waals surface area contributed by atoms with E-state index >= 15 is 0 Å². The molecule has 0 spiro atoms. The van der Waals surface area contributed by atoms with Gasteiger partial charge in [-0.3, -0.25) is 0 Å². The molecule has 2 rings (SSSR count). The summed E-state index contributed by atoms with van der Waals surface area (Å²) in [7, 11) is 0. The fraction of sp³-hybridized carbons (Fsp3) is 0.273. The quantitative estimate of drug-likeness (QED) is 0.830. The van der Waals surface area contributed by atoms with Crippen LogP contribution in [0.25, 0.3) is 5.57 Å². The van der Waals surface area contributed by atoms with Crippen LogP contribution in [0.1, 0.15) is 18.4 Å². The molecule has 73 valence electrons. The number of hydrogen-bond donors (Lipinski definition) is 1. The molecule has 1 aliphatic heterocycles. The summed E-state index contributed by atoms with van der Waals surface area (Å²) >= 11 is -0.0982. The molecule has 0 fully saturated rings.